The Balaban J connectivity index is 2.40. The third kappa shape index (κ3) is 3.41. The molecule has 1 saturated heterocycles. The minimum Gasteiger partial charge on any atom is -0.306 e. The quantitative estimate of drug-likeness (QED) is 0.677. The van der Waals surface area contributed by atoms with E-state index in [1.165, 1.54) is 19.4 Å². The molecule has 2 nitrogen and oxygen atoms in total. The summed E-state index contributed by atoms with van der Waals surface area (Å²) in [6.07, 6.45) is 3.25. The van der Waals surface area contributed by atoms with Gasteiger partial charge in [0.05, 0.1) is 0 Å². The summed E-state index contributed by atoms with van der Waals surface area (Å²) in [6, 6.07) is 0. The summed E-state index contributed by atoms with van der Waals surface area (Å²) in [5, 5.41) is 0. The van der Waals surface area contributed by atoms with E-state index in [1.54, 1.807) is 0 Å². The maximum atomic E-state index is 11.8. The van der Waals surface area contributed by atoms with Crippen molar-refractivity contribution in [2.45, 2.75) is 40.0 Å². The first kappa shape index (κ1) is 11.7. The fourth-order valence-corrected chi connectivity index (χ4v) is 2.01. The van der Waals surface area contributed by atoms with E-state index in [2.05, 4.69) is 11.9 Å². The molecule has 1 heterocycles. The van der Waals surface area contributed by atoms with Crippen molar-refractivity contribution in [3.05, 3.63) is 0 Å². The molecular weight excluding hydrogens is 174 g/mol. The number of carbonyl (C=O) groups excluding carboxylic acids is 1. The molecule has 0 aromatic rings. The smallest absolute Gasteiger partial charge is 0.138 e. The minimum atomic E-state index is -0.157. The molecule has 1 atom stereocenters. The Morgan fingerprint density at radius 2 is 2.07 bits per heavy atom. The van der Waals surface area contributed by atoms with Gasteiger partial charge in [-0.1, -0.05) is 20.8 Å². The van der Waals surface area contributed by atoms with Crippen molar-refractivity contribution in [3.63, 3.8) is 0 Å². The van der Waals surface area contributed by atoms with Crippen LogP contribution in [-0.4, -0.2) is 30.8 Å². The lowest BCUT2D eigenvalue weighted by Crippen LogP contribution is -2.34. The van der Waals surface area contributed by atoms with Gasteiger partial charge in [-0.25, -0.2) is 0 Å². The predicted molar refractivity (Wildman–Crippen MR) is 59.3 cm³/mol. The molecule has 0 saturated carbocycles. The van der Waals surface area contributed by atoms with Gasteiger partial charge in [0, 0.05) is 18.4 Å². The van der Waals surface area contributed by atoms with Crippen LogP contribution in [0.25, 0.3) is 0 Å². The third-order valence-electron chi connectivity index (χ3n) is 3.03. The van der Waals surface area contributed by atoms with E-state index in [0.717, 1.165) is 13.0 Å². The van der Waals surface area contributed by atoms with Gasteiger partial charge in [0.25, 0.3) is 0 Å². The zero-order valence-electron chi connectivity index (χ0n) is 9.97. The highest BCUT2D eigenvalue weighted by Gasteiger charge is 2.26. The molecule has 1 fully saturated rings. The van der Waals surface area contributed by atoms with Crippen LogP contribution < -0.4 is 0 Å². The molecule has 1 rings (SSSR count). The highest BCUT2D eigenvalue weighted by atomic mass is 16.1. The lowest BCUT2D eigenvalue weighted by Gasteiger charge is -2.30. The van der Waals surface area contributed by atoms with Crippen LogP contribution in [0.5, 0.6) is 0 Å². The van der Waals surface area contributed by atoms with Crippen LogP contribution in [0.3, 0.4) is 0 Å². The summed E-state index contributed by atoms with van der Waals surface area (Å²) < 4.78 is 0. The topological polar surface area (TPSA) is 20.3 Å². The summed E-state index contributed by atoms with van der Waals surface area (Å²) in [5.74, 6) is 1.01. The Labute approximate surface area is 87.7 Å². The summed E-state index contributed by atoms with van der Waals surface area (Å²) in [6.45, 7) is 8.34. The highest BCUT2D eigenvalue weighted by molar-refractivity contribution is 5.83. The van der Waals surface area contributed by atoms with E-state index >= 15 is 0 Å². The molecule has 0 N–H and O–H groups in total. The van der Waals surface area contributed by atoms with Crippen LogP contribution in [0.4, 0.5) is 0 Å². The average molecular weight is 197 g/mol. The first-order chi connectivity index (χ1) is 6.39. The molecule has 2 heteroatoms. The van der Waals surface area contributed by atoms with Crippen LogP contribution in [-0.2, 0) is 4.79 Å². The highest BCUT2D eigenvalue weighted by Crippen LogP contribution is 2.24. The lowest BCUT2D eigenvalue weighted by molar-refractivity contribution is -0.127. The standard InChI is InChI=1S/C12H23NO/c1-12(2,3)11(14)8-10-6-5-7-13(4)9-10/h10H,5-9H2,1-4H3. The first-order valence-electron chi connectivity index (χ1n) is 5.61. The Bertz CT molecular complexity index is 205. The second kappa shape index (κ2) is 4.43. The fourth-order valence-electron chi connectivity index (χ4n) is 2.01. The van der Waals surface area contributed by atoms with Crippen LogP contribution in [0.15, 0.2) is 0 Å². The zero-order valence-corrected chi connectivity index (χ0v) is 9.97. The van der Waals surface area contributed by atoms with Gasteiger partial charge in [-0.15, -0.1) is 0 Å². The second-order valence-corrected chi connectivity index (χ2v) is 5.65. The Morgan fingerprint density at radius 3 is 2.57 bits per heavy atom. The number of Topliss-reactive ketones (excluding diaryl/α,β-unsaturated/α-hetero) is 1. The maximum absolute atomic E-state index is 11.8. The van der Waals surface area contributed by atoms with E-state index < -0.39 is 0 Å². The minimum absolute atomic E-state index is 0.157. The van der Waals surface area contributed by atoms with Gasteiger partial charge in [-0.3, -0.25) is 4.79 Å². The molecule has 0 amide bonds. The molecule has 0 radical (unpaired) electrons. The number of hydrogen-bond acceptors (Lipinski definition) is 2. The predicted octanol–water partition coefficient (Wildman–Crippen LogP) is 2.33. The van der Waals surface area contributed by atoms with Gasteiger partial charge in [0.2, 0.25) is 0 Å². The van der Waals surface area contributed by atoms with Crippen LogP contribution in [0.1, 0.15) is 40.0 Å². The van der Waals surface area contributed by atoms with Crippen molar-refractivity contribution < 1.29 is 4.79 Å². The summed E-state index contributed by atoms with van der Waals surface area (Å²) >= 11 is 0. The molecule has 1 unspecified atom stereocenters. The van der Waals surface area contributed by atoms with Crippen molar-refractivity contribution in [3.8, 4) is 0 Å². The van der Waals surface area contributed by atoms with Crippen molar-refractivity contribution >= 4 is 5.78 Å². The molecule has 82 valence electrons. The zero-order chi connectivity index (χ0) is 10.8. The molecule has 14 heavy (non-hydrogen) atoms. The van der Waals surface area contributed by atoms with E-state index in [-0.39, 0.29) is 5.41 Å². The van der Waals surface area contributed by atoms with Gasteiger partial charge >= 0.3 is 0 Å². The summed E-state index contributed by atoms with van der Waals surface area (Å²) in [5.41, 5.74) is -0.157. The molecule has 1 aliphatic rings. The van der Waals surface area contributed by atoms with Crippen molar-refractivity contribution in [1.82, 2.24) is 4.90 Å². The molecular formula is C12H23NO. The molecule has 0 spiro atoms. The molecule has 0 bridgehead atoms. The summed E-state index contributed by atoms with van der Waals surface area (Å²) in [7, 11) is 2.15. The number of carbonyl (C=O) groups is 1. The van der Waals surface area contributed by atoms with E-state index in [9.17, 15) is 4.79 Å². The van der Waals surface area contributed by atoms with Crippen molar-refractivity contribution in [2.24, 2.45) is 11.3 Å². The molecule has 1 aliphatic heterocycles. The Kier molecular flexibility index (Phi) is 3.71. The van der Waals surface area contributed by atoms with Gasteiger partial charge in [0.15, 0.2) is 0 Å². The van der Waals surface area contributed by atoms with Gasteiger partial charge < -0.3 is 4.90 Å². The number of likely N-dealkylation sites (tertiary alicyclic amines) is 1. The normalized spacial score (nSPS) is 25.0. The Morgan fingerprint density at radius 1 is 1.43 bits per heavy atom. The SMILES string of the molecule is CN1CCCC(CC(=O)C(C)(C)C)C1. The second-order valence-electron chi connectivity index (χ2n) is 5.65. The first-order valence-corrected chi connectivity index (χ1v) is 5.61. The number of piperidine rings is 1. The van der Waals surface area contributed by atoms with Gasteiger partial charge in [-0.05, 0) is 32.4 Å². The largest absolute Gasteiger partial charge is 0.306 e. The number of rotatable bonds is 2. The van der Waals surface area contributed by atoms with Crippen molar-refractivity contribution in [2.75, 3.05) is 20.1 Å². The van der Waals surface area contributed by atoms with Crippen LogP contribution >= 0.6 is 0 Å². The number of nitrogens with zero attached hydrogens (tertiary/aromatic N) is 1. The van der Waals surface area contributed by atoms with Crippen LogP contribution in [0.2, 0.25) is 0 Å². The Hall–Kier alpha value is -0.370. The molecule has 0 aromatic carbocycles. The monoisotopic (exact) mass is 197 g/mol. The number of ketones is 1. The lowest BCUT2D eigenvalue weighted by atomic mass is 9.83. The average Bonchev–Trinajstić information content (AvgIpc) is 2.02. The van der Waals surface area contributed by atoms with E-state index in [1.807, 2.05) is 20.8 Å². The number of hydrogen-bond donors (Lipinski definition) is 0. The van der Waals surface area contributed by atoms with Gasteiger partial charge in [-0.2, -0.15) is 0 Å². The maximum Gasteiger partial charge on any atom is 0.138 e. The van der Waals surface area contributed by atoms with Crippen LogP contribution in [0, 0.1) is 11.3 Å². The van der Waals surface area contributed by atoms with E-state index in [4.69, 9.17) is 0 Å². The molecule has 0 aromatic heterocycles. The van der Waals surface area contributed by atoms with E-state index in [0.29, 0.717) is 11.7 Å². The fraction of sp³-hybridized carbons (Fsp3) is 0.917. The van der Waals surface area contributed by atoms with Crippen molar-refractivity contribution in [1.29, 1.82) is 0 Å². The van der Waals surface area contributed by atoms with Gasteiger partial charge in [0.1, 0.15) is 5.78 Å². The molecule has 0 aliphatic carbocycles. The third-order valence-corrected chi connectivity index (χ3v) is 3.03. The summed E-state index contributed by atoms with van der Waals surface area (Å²) in [4.78, 5) is 14.2.